The van der Waals surface area contributed by atoms with Gasteiger partial charge in [-0.05, 0) is 85.8 Å². The van der Waals surface area contributed by atoms with Crippen molar-refractivity contribution < 1.29 is 24.1 Å². The molecule has 4 heterocycles. The van der Waals surface area contributed by atoms with Crippen molar-refractivity contribution in [3.8, 4) is 40.2 Å². The Morgan fingerprint density at radius 3 is 2.63 bits per heavy atom. The minimum atomic E-state index is -0.220. The largest absolute Gasteiger partial charge is 0.488 e. The molecule has 266 valence electrons. The highest BCUT2D eigenvalue weighted by atomic mass is 35.5. The first-order valence-corrected chi connectivity index (χ1v) is 18.4. The maximum Gasteiger partial charge on any atom is 0.162 e. The zero-order valence-electron chi connectivity index (χ0n) is 29.2. The zero-order valence-corrected chi connectivity index (χ0v) is 29.9. The molecule has 51 heavy (non-hydrogen) atoms. The highest BCUT2D eigenvalue weighted by Gasteiger charge is 2.25. The molecule has 10 heteroatoms. The third kappa shape index (κ3) is 8.77. The van der Waals surface area contributed by atoms with Gasteiger partial charge in [0, 0.05) is 62.2 Å². The highest BCUT2D eigenvalue weighted by molar-refractivity contribution is 6.32. The molecular weight excluding hydrogens is 664 g/mol. The summed E-state index contributed by atoms with van der Waals surface area (Å²) in [5, 5.41) is 19.7. The van der Waals surface area contributed by atoms with E-state index in [1.54, 1.807) is 18.5 Å². The van der Waals surface area contributed by atoms with Crippen molar-refractivity contribution in [2.45, 2.75) is 71.0 Å². The molecule has 1 unspecified atom stereocenters. The lowest BCUT2D eigenvalue weighted by Gasteiger charge is -2.28. The van der Waals surface area contributed by atoms with Crippen LogP contribution in [0.5, 0.6) is 23.0 Å². The van der Waals surface area contributed by atoms with E-state index in [0.29, 0.717) is 35.3 Å². The number of aliphatic hydroxyl groups is 1. The lowest BCUT2D eigenvalue weighted by molar-refractivity contribution is 0.0757. The van der Waals surface area contributed by atoms with E-state index in [2.05, 4.69) is 52.0 Å². The predicted octanol–water partition coefficient (Wildman–Crippen LogP) is 7.32. The lowest BCUT2D eigenvalue weighted by Crippen LogP contribution is -2.34. The van der Waals surface area contributed by atoms with Crippen molar-refractivity contribution in [1.29, 1.82) is 5.26 Å². The number of rotatable bonds is 12. The van der Waals surface area contributed by atoms with Gasteiger partial charge in [0.15, 0.2) is 11.5 Å². The Hall–Kier alpha value is -4.33. The van der Waals surface area contributed by atoms with Gasteiger partial charge in [-0.3, -0.25) is 9.88 Å². The molecule has 2 fully saturated rings. The first kappa shape index (κ1) is 35.1. The second-order valence-corrected chi connectivity index (χ2v) is 14.2. The number of aromatic nitrogens is 1. The van der Waals surface area contributed by atoms with Gasteiger partial charge in [-0.1, -0.05) is 42.3 Å². The molecule has 3 aliphatic rings. The number of benzene rings is 3. The van der Waals surface area contributed by atoms with Crippen molar-refractivity contribution in [1.82, 2.24) is 14.8 Å². The number of nitriles is 1. The Morgan fingerprint density at radius 1 is 0.941 bits per heavy atom. The fourth-order valence-electron chi connectivity index (χ4n) is 7.17. The summed E-state index contributed by atoms with van der Waals surface area (Å²) in [6.07, 6.45) is 8.34. The Kier molecular flexibility index (Phi) is 11.2. The maximum atomic E-state index is 9.87. The van der Waals surface area contributed by atoms with Gasteiger partial charge in [0.1, 0.15) is 43.5 Å². The second kappa shape index (κ2) is 16.3. The summed E-state index contributed by atoms with van der Waals surface area (Å²) in [5.41, 5.74) is 6.62. The summed E-state index contributed by atoms with van der Waals surface area (Å²) < 4.78 is 25.3. The Morgan fingerprint density at radius 2 is 1.80 bits per heavy atom. The maximum absolute atomic E-state index is 9.87. The van der Waals surface area contributed by atoms with Crippen LogP contribution in [0, 0.1) is 18.3 Å². The normalized spacial score (nSPS) is 19.1. The zero-order chi connectivity index (χ0) is 35.2. The fraction of sp³-hybridized carbons (Fsp3) is 0.415. The van der Waals surface area contributed by atoms with Crippen molar-refractivity contribution in [3.63, 3.8) is 0 Å². The second-order valence-electron chi connectivity index (χ2n) is 13.8. The van der Waals surface area contributed by atoms with Gasteiger partial charge in [0.05, 0.1) is 16.7 Å². The summed E-state index contributed by atoms with van der Waals surface area (Å²) in [4.78, 5) is 8.91. The van der Waals surface area contributed by atoms with Crippen LogP contribution in [0.4, 0.5) is 0 Å². The van der Waals surface area contributed by atoms with Crippen molar-refractivity contribution in [2.24, 2.45) is 0 Å². The van der Waals surface area contributed by atoms with E-state index in [1.165, 1.54) is 19.3 Å². The number of pyridine rings is 1. The Labute approximate surface area is 305 Å². The molecule has 4 aromatic rings. The van der Waals surface area contributed by atoms with Crippen molar-refractivity contribution in [2.75, 3.05) is 39.3 Å². The number of aliphatic hydroxyl groups excluding tert-OH is 1. The molecule has 9 nitrogen and oxygen atoms in total. The number of hydrogen-bond acceptors (Lipinski definition) is 9. The van der Waals surface area contributed by atoms with Crippen LogP contribution in [0.25, 0.3) is 11.1 Å². The summed E-state index contributed by atoms with van der Waals surface area (Å²) in [5.74, 6) is 2.77. The van der Waals surface area contributed by atoms with Gasteiger partial charge in [0.2, 0.25) is 0 Å². The standard InChI is InChI=1S/C41H45ClN4O5/c1-28-32(6-5-7-36(28)31-8-9-38-41(18-31)51-35(27-50-38)11-15-46-14-10-34(47)24-46)26-49-40-19-39(48-25-30-16-29(20-43)21-44-22-30)33(17-37(40)42)23-45-12-3-2-4-13-45/h5-9,16-19,21-22,34-35,47H,2-4,10-15,23-27H2,1H3/t34-,35?/m0/s1. The third-order valence-corrected chi connectivity index (χ3v) is 10.4. The molecule has 0 aliphatic carbocycles. The number of fused-ring (bicyclic) bond motifs is 1. The average molecular weight is 709 g/mol. The lowest BCUT2D eigenvalue weighted by atomic mass is 9.96. The minimum Gasteiger partial charge on any atom is -0.488 e. The monoisotopic (exact) mass is 708 g/mol. The molecule has 3 aliphatic heterocycles. The molecule has 7 rings (SSSR count). The smallest absolute Gasteiger partial charge is 0.162 e. The van der Waals surface area contributed by atoms with Gasteiger partial charge in [-0.15, -0.1) is 0 Å². The van der Waals surface area contributed by atoms with E-state index in [4.69, 9.17) is 30.5 Å². The van der Waals surface area contributed by atoms with Crippen LogP contribution in [0.1, 0.15) is 59.9 Å². The molecule has 0 spiro atoms. The quantitative estimate of drug-likeness (QED) is 0.162. The SMILES string of the molecule is Cc1c(COc2cc(OCc3cncc(C#N)c3)c(CN3CCCCC3)cc2Cl)cccc1-c1ccc2c(c1)OC(CCN1CC[C@H](O)C1)CO2. The summed E-state index contributed by atoms with van der Waals surface area (Å²) in [6.45, 7) is 8.62. The van der Waals surface area contributed by atoms with Crippen LogP contribution in [0.3, 0.4) is 0 Å². The number of hydrogen-bond donors (Lipinski definition) is 1. The number of ether oxygens (including phenoxy) is 4. The summed E-state index contributed by atoms with van der Waals surface area (Å²) >= 11 is 6.87. The molecule has 2 atom stereocenters. The van der Waals surface area contributed by atoms with Crippen molar-refractivity contribution in [3.05, 3.63) is 99.8 Å². The number of halogens is 1. The summed E-state index contributed by atoms with van der Waals surface area (Å²) in [7, 11) is 0. The number of nitrogens with zero attached hydrogens (tertiary/aromatic N) is 4. The van der Waals surface area contributed by atoms with Crippen LogP contribution in [0.2, 0.25) is 5.02 Å². The van der Waals surface area contributed by atoms with E-state index < -0.39 is 0 Å². The van der Waals surface area contributed by atoms with Gasteiger partial charge < -0.3 is 29.0 Å². The topological polar surface area (TPSA) is 100 Å². The predicted molar refractivity (Wildman–Crippen MR) is 196 cm³/mol. The van der Waals surface area contributed by atoms with E-state index in [1.807, 2.05) is 24.3 Å². The Bertz CT molecular complexity index is 1870. The van der Waals surface area contributed by atoms with Gasteiger partial charge >= 0.3 is 0 Å². The molecule has 3 aromatic carbocycles. The van der Waals surface area contributed by atoms with Crippen LogP contribution in [-0.4, -0.2) is 71.4 Å². The molecule has 1 aromatic heterocycles. The van der Waals surface area contributed by atoms with Crippen LogP contribution >= 0.6 is 11.6 Å². The minimum absolute atomic E-state index is 0.0319. The van der Waals surface area contributed by atoms with Crippen LogP contribution < -0.4 is 18.9 Å². The van der Waals surface area contributed by atoms with E-state index >= 15 is 0 Å². The average Bonchev–Trinajstić information content (AvgIpc) is 3.58. The van der Waals surface area contributed by atoms with Crippen LogP contribution in [-0.2, 0) is 19.8 Å². The number of piperidine rings is 1. The van der Waals surface area contributed by atoms with E-state index in [9.17, 15) is 10.4 Å². The first-order valence-electron chi connectivity index (χ1n) is 18.0. The van der Waals surface area contributed by atoms with Gasteiger partial charge in [-0.25, -0.2) is 0 Å². The molecule has 0 bridgehead atoms. The molecule has 1 N–H and O–H groups in total. The summed E-state index contributed by atoms with van der Waals surface area (Å²) in [6, 6.07) is 20.2. The molecule has 0 saturated carbocycles. The van der Waals surface area contributed by atoms with E-state index in [-0.39, 0.29) is 18.8 Å². The number of likely N-dealkylation sites (tertiary alicyclic amines) is 2. The number of β-amino-alcohol motifs (C(OH)–C–C–N with tert-alkyl or cyclic N) is 1. The van der Waals surface area contributed by atoms with Crippen LogP contribution in [0.15, 0.2) is 67.0 Å². The van der Waals surface area contributed by atoms with Gasteiger partial charge in [-0.2, -0.15) is 5.26 Å². The molecule has 0 radical (unpaired) electrons. The molecule has 2 saturated heterocycles. The highest BCUT2D eigenvalue weighted by Crippen LogP contribution is 2.39. The fourth-order valence-corrected chi connectivity index (χ4v) is 7.41. The van der Waals surface area contributed by atoms with E-state index in [0.717, 1.165) is 97.0 Å². The molecular formula is C41H45ClN4O5. The van der Waals surface area contributed by atoms with Gasteiger partial charge in [0.25, 0.3) is 0 Å². The van der Waals surface area contributed by atoms with Crippen molar-refractivity contribution >= 4 is 11.6 Å². The first-order chi connectivity index (χ1) is 24.9. The molecule has 0 amide bonds. The Balaban J connectivity index is 1.05. The third-order valence-electron chi connectivity index (χ3n) is 10.1.